The highest BCUT2D eigenvalue weighted by molar-refractivity contribution is 5.99. The number of pyridine rings is 1. The molecule has 216 valence electrons. The highest BCUT2D eigenvalue weighted by Gasteiger charge is 2.41. The van der Waals surface area contributed by atoms with E-state index in [1.807, 2.05) is 67.6 Å². The number of anilines is 1. The largest absolute Gasteiger partial charge is 0.479 e. The summed E-state index contributed by atoms with van der Waals surface area (Å²) >= 11 is 0. The van der Waals surface area contributed by atoms with Crippen LogP contribution in [0.1, 0.15) is 25.3 Å². The predicted molar refractivity (Wildman–Crippen MR) is 147 cm³/mol. The molecule has 1 aliphatic heterocycles. The van der Waals surface area contributed by atoms with Crippen molar-refractivity contribution in [1.29, 1.82) is 0 Å². The van der Waals surface area contributed by atoms with Gasteiger partial charge in [-0.25, -0.2) is 14.6 Å². The van der Waals surface area contributed by atoms with Crippen molar-refractivity contribution in [3.8, 4) is 28.3 Å². The molecule has 41 heavy (non-hydrogen) atoms. The van der Waals surface area contributed by atoms with Gasteiger partial charge in [-0.2, -0.15) is 0 Å². The number of aromatic nitrogens is 1. The quantitative estimate of drug-likeness (QED) is 0.241. The normalized spacial score (nSPS) is 20.9. The molecule has 5 rings (SSSR count). The second-order valence-corrected chi connectivity index (χ2v) is 9.86. The third-order valence-electron chi connectivity index (χ3n) is 7.03. The average Bonchev–Trinajstić information content (AvgIpc) is 2.95. The van der Waals surface area contributed by atoms with E-state index in [0.717, 1.165) is 27.9 Å². The molecule has 2 aliphatic rings. The smallest absolute Gasteiger partial charge is 0.335 e. The van der Waals surface area contributed by atoms with Gasteiger partial charge in [-0.1, -0.05) is 54.6 Å². The van der Waals surface area contributed by atoms with Crippen LogP contribution in [0.2, 0.25) is 0 Å². The Morgan fingerprint density at radius 2 is 1.61 bits per heavy atom. The number of aliphatic hydroxyl groups excluding tert-OH is 3. The first-order valence-corrected chi connectivity index (χ1v) is 12.9. The Labute approximate surface area is 235 Å². The van der Waals surface area contributed by atoms with Crippen molar-refractivity contribution in [2.24, 2.45) is 5.73 Å². The van der Waals surface area contributed by atoms with E-state index in [0.29, 0.717) is 31.0 Å². The number of likely N-dealkylation sites (N-methyl/N-ethyl adjacent to an activating group) is 1. The minimum atomic E-state index is -2.27. The maximum atomic E-state index is 12.3. The van der Waals surface area contributed by atoms with Crippen molar-refractivity contribution >= 4 is 23.5 Å². The van der Waals surface area contributed by atoms with Gasteiger partial charge in [0.05, 0.1) is 11.8 Å². The monoisotopic (exact) mass is 565 g/mol. The number of fused-ring (bicyclic) bond motifs is 1. The van der Waals surface area contributed by atoms with Crippen molar-refractivity contribution in [2.75, 3.05) is 18.1 Å². The van der Waals surface area contributed by atoms with Crippen molar-refractivity contribution in [2.45, 2.75) is 43.6 Å². The summed E-state index contributed by atoms with van der Waals surface area (Å²) in [6.07, 6.45) is -3.70. The first-order chi connectivity index (χ1) is 19.4. The van der Waals surface area contributed by atoms with Gasteiger partial charge in [0.1, 0.15) is 5.69 Å². The summed E-state index contributed by atoms with van der Waals surface area (Å²) in [7, 11) is 0. The topological polar surface area (TPSA) is 204 Å². The highest BCUT2D eigenvalue weighted by atomic mass is 16.5. The van der Waals surface area contributed by atoms with E-state index in [9.17, 15) is 19.5 Å². The number of nitrogens with two attached hydrogens (primary N) is 1. The standard InChI is InChI=1S/C25H25N3O3.C4H6O6/c1-2-28-21-12-20(16-6-4-3-5-7-16)23(27-24(21)31-15-22(28)30)17-8-10-18(11-9-17)25(26)13-19(29)14-25;5-1(3(7)8)2(6)4(9)10/h3-12,19,29H,2,13-15,26H2,1H3;1-2,5-6H,(H,7,8)(H,9,10). The highest BCUT2D eigenvalue weighted by Crippen LogP contribution is 2.42. The predicted octanol–water partition coefficient (Wildman–Crippen LogP) is 1.35. The molecule has 1 saturated carbocycles. The van der Waals surface area contributed by atoms with Gasteiger partial charge >= 0.3 is 11.9 Å². The lowest BCUT2D eigenvalue weighted by Crippen LogP contribution is -2.51. The van der Waals surface area contributed by atoms with Gasteiger partial charge in [0.25, 0.3) is 5.91 Å². The number of carbonyl (C=O) groups is 3. The van der Waals surface area contributed by atoms with Crippen molar-refractivity contribution in [1.82, 2.24) is 4.98 Å². The first kappa shape index (κ1) is 29.6. The Bertz CT molecular complexity index is 1410. The fraction of sp³-hybridized carbons (Fsp3) is 0.310. The van der Waals surface area contributed by atoms with Gasteiger partial charge in [-0.15, -0.1) is 0 Å². The molecular weight excluding hydrogens is 534 g/mol. The number of ether oxygens (including phenoxy) is 1. The molecule has 2 atom stereocenters. The maximum Gasteiger partial charge on any atom is 0.335 e. The zero-order valence-corrected chi connectivity index (χ0v) is 22.2. The van der Waals surface area contributed by atoms with Crippen LogP contribution in [-0.4, -0.2) is 79.8 Å². The molecule has 12 nitrogen and oxygen atoms in total. The molecule has 0 saturated heterocycles. The molecule has 2 aromatic carbocycles. The first-order valence-electron chi connectivity index (χ1n) is 12.9. The molecule has 3 aromatic rings. The van der Waals surface area contributed by atoms with E-state index in [4.69, 9.17) is 35.9 Å². The fourth-order valence-electron chi connectivity index (χ4n) is 4.78. The van der Waals surface area contributed by atoms with Crippen molar-refractivity contribution in [3.63, 3.8) is 0 Å². The molecule has 1 aromatic heterocycles. The Kier molecular flexibility index (Phi) is 8.69. The van der Waals surface area contributed by atoms with Crippen LogP contribution in [-0.2, 0) is 19.9 Å². The number of carboxylic acid groups (broad SMARTS) is 2. The van der Waals surface area contributed by atoms with Crippen molar-refractivity contribution in [3.05, 3.63) is 66.2 Å². The van der Waals surface area contributed by atoms with Gasteiger partial charge in [-0.05, 0) is 37.0 Å². The number of amides is 1. The second-order valence-electron chi connectivity index (χ2n) is 9.86. The Morgan fingerprint density at radius 1 is 1.02 bits per heavy atom. The van der Waals surface area contributed by atoms with Crippen LogP contribution in [0.5, 0.6) is 5.88 Å². The van der Waals surface area contributed by atoms with E-state index >= 15 is 0 Å². The zero-order valence-electron chi connectivity index (χ0n) is 22.2. The van der Waals surface area contributed by atoms with Gasteiger partial charge in [0, 0.05) is 23.2 Å². The number of benzene rings is 2. The van der Waals surface area contributed by atoms with Crippen LogP contribution < -0.4 is 15.4 Å². The third-order valence-corrected chi connectivity index (χ3v) is 7.03. The van der Waals surface area contributed by atoms with Crippen LogP contribution in [0, 0.1) is 0 Å². The Morgan fingerprint density at radius 3 is 2.12 bits per heavy atom. The van der Waals surface area contributed by atoms with Gasteiger partial charge in [0.2, 0.25) is 5.88 Å². The summed E-state index contributed by atoms with van der Waals surface area (Å²) in [4.78, 5) is 38.4. The average molecular weight is 566 g/mol. The van der Waals surface area contributed by atoms with E-state index in [1.165, 1.54) is 0 Å². The van der Waals surface area contributed by atoms with E-state index in [2.05, 4.69) is 0 Å². The molecule has 0 spiro atoms. The molecular formula is C29H31N3O9. The molecule has 2 unspecified atom stereocenters. The summed E-state index contributed by atoms with van der Waals surface area (Å²) in [5.74, 6) is -3.13. The van der Waals surface area contributed by atoms with E-state index in [1.54, 1.807) is 4.90 Å². The van der Waals surface area contributed by atoms with Crippen LogP contribution in [0.4, 0.5) is 5.69 Å². The Balaban J connectivity index is 0.000000334. The SMILES string of the molecule is CCN1C(=O)COc2nc(-c3ccc(C4(N)CC(O)C4)cc3)c(-c3ccccc3)cc21.O=C(O)C(O)C(O)C(=O)O. The van der Waals surface area contributed by atoms with Crippen LogP contribution in [0.25, 0.3) is 22.4 Å². The maximum absolute atomic E-state index is 12.3. The number of hydrogen-bond acceptors (Lipinski definition) is 9. The van der Waals surface area contributed by atoms with Gasteiger partial charge in [0.15, 0.2) is 18.8 Å². The number of aliphatic carboxylic acids is 2. The van der Waals surface area contributed by atoms with Crippen molar-refractivity contribution < 1.29 is 44.7 Å². The molecule has 12 heteroatoms. The fourth-order valence-corrected chi connectivity index (χ4v) is 4.78. The molecule has 0 bridgehead atoms. The number of hydrogen-bond donors (Lipinski definition) is 6. The number of carboxylic acids is 2. The summed E-state index contributed by atoms with van der Waals surface area (Å²) in [6, 6.07) is 20.1. The minimum absolute atomic E-state index is 0.00504. The van der Waals surface area contributed by atoms with E-state index in [-0.39, 0.29) is 18.6 Å². The second kappa shape index (κ2) is 12.0. The molecule has 7 N–H and O–H groups in total. The van der Waals surface area contributed by atoms with Crippen LogP contribution >= 0.6 is 0 Å². The summed E-state index contributed by atoms with van der Waals surface area (Å²) in [6.45, 7) is 2.50. The lowest BCUT2D eigenvalue weighted by atomic mass is 9.70. The molecule has 1 fully saturated rings. The summed E-state index contributed by atoms with van der Waals surface area (Å²) in [5, 5.41) is 42.2. The number of aliphatic hydroxyl groups is 3. The summed E-state index contributed by atoms with van der Waals surface area (Å²) in [5.41, 5.74) is 11.4. The van der Waals surface area contributed by atoms with Crippen LogP contribution in [0.3, 0.4) is 0 Å². The summed E-state index contributed by atoms with van der Waals surface area (Å²) < 4.78 is 5.69. The number of carbonyl (C=O) groups excluding carboxylic acids is 1. The molecule has 2 heterocycles. The molecule has 1 amide bonds. The molecule has 0 radical (unpaired) electrons. The lowest BCUT2D eigenvalue weighted by Gasteiger charge is -2.42. The van der Waals surface area contributed by atoms with Gasteiger partial charge in [-0.3, -0.25) is 4.79 Å². The third kappa shape index (κ3) is 6.20. The number of rotatable bonds is 7. The zero-order chi connectivity index (χ0) is 29.9. The van der Waals surface area contributed by atoms with Crippen LogP contribution in [0.15, 0.2) is 60.7 Å². The Hall–Kier alpha value is -4.36. The lowest BCUT2D eigenvalue weighted by molar-refractivity contribution is -0.165. The minimum Gasteiger partial charge on any atom is -0.479 e. The molecule has 1 aliphatic carbocycles. The number of nitrogens with zero attached hydrogens (tertiary/aromatic N) is 2. The van der Waals surface area contributed by atoms with Gasteiger partial charge < -0.3 is 40.9 Å². The van der Waals surface area contributed by atoms with E-state index < -0.39 is 29.7 Å².